The van der Waals surface area contributed by atoms with Crippen LogP contribution < -0.4 is 0 Å². The summed E-state index contributed by atoms with van der Waals surface area (Å²) in [5.74, 6) is 0.727. The van der Waals surface area contributed by atoms with Gasteiger partial charge in [-0.3, -0.25) is 0 Å². The van der Waals surface area contributed by atoms with E-state index in [1.54, 1.807) is 14.2 Å². The molecule has 0 amide bonds. The topological polar surface area (TPSA) is 18.5 Å². The van der Waals surface area contributed by atoms with E-state index in [0.29, 0.717) is 6.10 Å². The largest absolute Gasteiger partial charge is 0.384 e. The summed E-state index contributed by atoms with van der Waals surface area (Å²) in [6.45, 7) is 9.53. The van der Waals surface area contributed by atoms with Crippen LogP contribution >= 0.6 is 0 Å². The van der Waals surface area contributed by atoms with Crippen LogP contribution in [-0.4, -0.2) is 26.9 Å². The van der Waals surface area contributed by atoms with Crippen LogP contribution in [-0.2, 0) is 9.47 Å². The van der Waals surface area contributed by atoms with Crippen molar-refractivity contribution in [1.29, 1.82) is 0 Å². The van der Waals surface area contributed by atoms with Crippen molar-refractivity contribution in [1.82, 2.24) is 0 Å². The highest BCUT2D eigenvalue weighted by molar-refractivity contribution is 4.47. The van der Waals surface area contributed by atoms with Gasteiger partial charge in [-0.15, -0.1) is 0 Å². The zero-order valence-corrected chi connectivity index (χ0v) is 10.8. The second-order valence-corrected chi connectivity index (χ2v) is 3.64. The zero-order valence-electron chi connectivity index (χ0n) is 10.8. The van der Waals surface area contributed by atoms with Gasteiger partial charge < -0.3 is 9.47 Å². The Morgan fingerprint density at radius 2 is 1.43 bits per heavy atom. The summed E-state index contributed by atoms with van der Waals surface area (Å²) in [4.78, 5) is 0. The van der Waals surface area contributed by atoms with E-state index in [1.165, 1.54) is 6.42 Å². The SMILES string of the molecule is CCC(C)COC.CCC(CC)OC. The first-order valence-corrected chi connectivity index (χ1v) is 5.67. The van der Waals surface area contributed by atoms with Crippen molar-refractivity contribution in [2.75, 3.05) is 20.8 Å². The van der Waals surface area contributed by atoms with Gasteiger partial charge in [-0.2, -0.15) is 0 Å². The molecule has 0 aliphatic carbocycles. The van der Waals surface area contributed by atoms with Crippen LogP contribution in [0.1, 0.15) is 47.0 Å². The molecule has 0 aromatic carbocycles. The average molecular weight is 204 g/mol. The molecule has 88 valence electrons. The van der Waals surface area contributed by atoms with Gasteiger partial charge >= 0.3 is 0 Å². The Bertz CT molecular complexity index is 84.8. The second kappa shape index (κ2) is 12.9. The minimum Gasteiger partial charge on any atom is -0.384 e. The minimum atomic E-state index is 0.486. The third-order valence-corrected chi connectivity index (χ3v) is 2.39. The standard InChI is InChI=1S/2C6H14O/c1-4-6(2)5-7-3;1-4-6(5-2)7-3/h2*6H,4-5H2,1-3H3. The first kappa shape index (κ1) is 16.4. The Hall–Kier alpha value is -0.0800. The monoisotopic (exact) mass is 204 g/mol. The molecular formula is C12H28O2. The lowest BCUT2D eigenvalue weighted by Gasteiger charge is -2.07. The predicted molar refractivity (Wildman–Crippen MR) is 62.7 cm³/mol. The fourth-order valence-corrected chi connectivity index (χ4v) is 1.02. The third kappa shape index (κ3) is 11.9. The van der Waals surface area contributed by atoms with E-state index in [2.05, 4.69) is 27.7 Å². The van der Waals surface area contributed by atoms with Crippen molar-refractivity contribution in [3.05, 3.63) is 0 Å². The molecule has 0 fully saturated rings. The predicted octanol–water partition coefficient (Wildman–Crippen LogP) is 3.50. The number of rotatable bonds is 6. The molecule has 0 spiro atoms. The van der Waals surface area contributed by atoms with Crippen LogP contribution in [0.2, 0.25) is 0 Å². The van der Waals surface area contributed by atoms with Gasteiger partial charge in [0.2, 0.25) is 0 Å². The Balaban J connectivity index is 0. The summed E-state index contributed by atoms with van der Waals surface area (Å²) in [5.41, 5.74) is 0. The fraction of sp³-hybridized carbons (Fsp3) is 1.00. The van der Waals surface area contributed by atoms with Gasteiger partial charge in [-0.1, -0.05) is 34.1 Å². The maximum Gasteiger partial charge on any atom is 0.0566 e. The van der Waals surface area contributed by atoms with Gasteiger partial charge in [-0.05, 0) is 18.8 Å². The van der Waals surface area contributed by atoms with Crippen LogP contribution in [0.25, 0.3) is 0 Å². The summed E-state index contributed by atoms with van der Waals surface area (Å²) in [7, 11) is 3.50. The summed E-state index contributed by atoms with van der Waals surface area (Å²) in [6, 6.07) is 0. The molecule has 1 unspecified atom stereocenters. The van der Waals surface area contributed by atoms with Crippen LogP contribution in [0.4, 0.5) is 0 Å². The van der Waals surface area contributed by atoms with E-state index in [1.807, 2.05) is 0 Å². The minimum absolute atomic E-state index is 0.486. The Morgan fingerprint density at radius 3 is 1.50 bits per heavy atom. The lowest BCUT2D eigenvalue weighted by Crippen LogP contribution is -2.05. The molecule has 2 heteroatoms. The van der Waals surface area contributed by atoms with Crippen molar-refractivity contribution in [2.24, 2.45) is 5.92 Å². The molecular weight excluding hydrogens is 176 g/mol. The van der Waals surface area contributed by atoms with E-state index in [-0.39, 0.29) is 0 Å². The maximum atomic E-state index is 5.05. The first-order chi connectivity index (χ1) is 6.65. The Morgan fingerprint density at radius 1 is 0.929 bits per heavy atom. The molecule has 1 atom stereocenters. The van der Waals surface area contributed by atoms with Crippen molar-refractivity contribution in [2.45, 2.75) is 53.1 Å². The lowest BCUT2D eigenvalue weighted by atomic mass is 10.1. The highest BCUT2D eigenvalue weighted by atomic mass is 16.5. The first-order valence-electron chi connectivity index (χ1n) is 5.67. The second-order valence-electron chi connectivity index (χ2n) is 3.64. The van der Waals surface area contributed by atoms with Crippen molar-refractivity contribution in [3.63, 3.8) is 0 Å². The van der Waals surface area contributed by atoms with E-state index in [9.17, 15) is 0 Å². The highest BCUT2D eigenvalue weighted by Crippen LogP contribution is 1.98. The Labute approximate surface area is 90.0 Å². The number of hydrogen-bond donors (Lipinski definition) is 0. The zero-order chi connectivity index (χ0) is 11.4. The van der Waals surface area contributed by atoms with Gasteiger partial charge in [0, 0.05) is 20.8 Å². The molecule has 14 heavy (non-hydrogen) atoms. The van der Waals surface area contributed by atoms with E-state index in [4.69, 9.17) is 9.47 Å². The molecule has 0 N–H and O–H groups in total. The molecule has 0 heterocycles. The maximum absolute atomic E-state index is 5.05. The van der Waals surface area contributed by atoms with Crippen LogP contribution in [0.3, 0.4) is 0 Å². The molecule has 0 saturated carbocycles. The van der Waals surface area contributed by atoms with Crippen LogP contribution in [0, 0.1) is 5.92 Å². The van der Waals surface area contributed by atoms with Gasteiger partial charge in [0.15, 0.2) is 0 Å². The van der Waals surface area contributed by atoms with E-state index in [0.717, 1.165) is 25.4 Å². The van der Waals surface area contributed by atoms with Gasteiger partial charge in [0.05, 0.1) is 6.10 Å². The van der Waals surface area contributed by atoms with Gasteiger partial charge in [-0.25, -0.2) is 0 Å². The molecule has 0 aliphatic heterocycles. The fourth-order valence-electron chi connectivity index (χ4n) is 1.02. The normalized spacial score (nSPS) is 12.2. The number of ether oxygens (including phenoxy) is 2. The van der Waals surface area contributed by atoms with E-state index >= 15 is 0 Å². The quantitative estimate of drug-likeness (QED) is 0.659. The van der Waals surface area contributed by atoms with Crippen LogP contribution in [0.5, 0.6) is 0 Å². The summed E-state index contributed by atoms with van der Waals surface area (Å²) in [6.07, 6.45) is 3.97. The molecule has 0 rings (SSSR count). The van der Waals surface area contributed by atoms with Crippen molar-refractivity contribution < 1.29 is 9.47 Å². The highest BCUT2D eigenvalue weighted by Gasteiger charge is 1.96. The van der Waals surface area contributed by atoms with Crippen molar-refractivity contribution >= 4 is 0 Å². The summed E-state index contributed by atoms with van der Waals surface area (Å²) in [5, 5.41) is 0. The Kier molecular flexibility index (Phi) is 15.1. The van der Waals surface area contributed by atoms with E-state index < -0.39 is 0 Å². The molecule has 0 aromatic rings. The summed E-state index contributed by atoms with van der Waals surface area (Å²) >= 11 is 0. The summed E-state index contributed by atoms with van der Waals surface area (Å²) < 4.78 is 9.94. The molecule has 0 aromatic heterocycles. The molecule has 0 bridgehead atoms. The molecule has 2 nitrogen and oxygen atoms in total. The van der Waals surface area contributed by atoms with Gasteiger partial charge in [0.25, 0.3) is 0 Å². The lowest BCUT2D eigenvalue weighted by molar-refractivity contribution is 0.0964. The smallest absolute Gasteiger partial charge is 0.0566 e. The molecule has 0 aliphatic rings. The average Bonchev–Trinajstić information content (AvgIpc) is 2.22. The van der Waals surface area contributed by atoms with Crippen LogP contribution in [0.15, 0.2) is 0 Å². The number of hydrogen-bond acceptors (Lipinski definition) is 2. The molecule has 0 radical (unpaired) electrons. The number of methoxy groups -OCH3 is 2. The third-order valence-electron chi connectivity index (χ3n) is 2.39. The molecule has 0 saturated heterocycles. The van der Waals surface area contributed by atoms with Crippen molar-refractivity contribution in [3.8, 4) is 0 Å². The van der Waals surface area contributed by atoms with Gasteiger partial charge in [0.1, 0.15) is 0 Å².